The molecular formula is H2S7. The van der Waals surface area contributed by atoms with E-state index in [-0.39, 0.29) is 0 Å². The first kappa shape index (κ1) is 9.45. The van der Waals surface area contributed by atoms with Crippen molar-refractivity contribution in [3.05, 3.63) is 0 Å². The van der Waals surface area contributed by atoms with E-state index in [0.29, 0.717) is 0 Å². The maximum absolute atomic E-state index is 3.90. The van der Waals surface area contributed by atoms with Gasteiger partial charge in [0.05, 0.1) is 0 Å². The van der Waals surface area contributed by atoms with Gasteiger partial charge in [0.2, 0.25) is 0 Å². The summed E-state index contributed by atoms with van der Waals surface area (Å²) in [5, 5.41) is 0. The lowest BCUT2D eigenvalue weighted by Gasteiger charge is -1.86. The predicted octanol–water partition coefficient (Wildman–Crippen LogP) is 4.00. The van der Waals surface area contributed by atoms with Crippen LogP contribution in [0.5, 0.6) is 0 Å². The third-order valence-electron chi connectivity index (χ3n) is 0.116. The van der Waals surface area contributed by atoms with E-state index in [9.17, 15) is 0 Å². The summed E-state index contributed by atoms with van der Waals surface area (Å²) >= 11 is 7.81. The van der Waals surface area contributed by atoms with E-state index in [0.717, 1.165) is 0 Å². The average molecular weight is 226 g/mol. The molecule has 0 nitrogen and oxygen atoms in total. The lowest BCUT2D eigenvalue weighted by atomic mass is 30.2. The molecular weight excluding hydrogens is 224 g/mol. The lowest BCUT2D eigenvalue weighted by molar-refractivity contribution is 5.74. The van der Waals surface area contributed by atoms with Gasteiger partial charge in [0.1, 0.15) is 0 Å². The summed E-state index contributed by atoms with van der Waals surface area (Å²) in [4.78, 5) is 0. The van der Waals surface area contributed by atoms with Crippen LogP contribution < -0.4 is 0 Å². The quantitative estimate of drug-likeness (QED) is 0.421. The first-order valence-corrected chi connectivity index (χ1v) is 9.29. The summed E-state index contributed by atoms with van der Waals surface area (Å²) < 4.78 is 0. The van der Waals surface area contributed by atoms with Gasteiger partial charge in [-0.1, -0.05) is 23.3 Å². The Balaban J connectivity index is 2.45. The predicted molar refractivity (Wildman–Crippen MR) is 55.9 cm³/mol. The first-order valence-electron chi connectivity index (χ1n) is 1.03. The first-order chi connectivity index (χ1) is 3.41. The zero-order valence-corrected chi connectivity index (χ0v) is 8.81. The maximum Gasteiger partial charge on any atom is -0.0000705 e. The van der Waals surface area contributed by atoms with Gasteiger partial charge in [0.15, 0.2) is 0 Å². The minimum absolute atomic E-state index is 1.45. The van der Waals surface area contributed by atoms with Gasteiger partial charge >= 0.3 is 0 Å². The van der Waals surface area contributed by atoms with Crippen LogP contribution in [0.15, 0.2) is 0 Å². The number of hydrogen-bond donors (Lipinski definition) is 2. The van der Waals surface area contributed by atoms with E-state index in [1.54, 1.807) is 29.5 Å². The minimum atomic E-state index is 1.45. The standard InChI is InChI=1S/H2S7/c1-3-5-7-6-4-2/h1-2H. The van der Waals surface area contributed by atoms with Crippen LogP contribution in [0.4, 0.5) is 0 Å². The monoisotopic (exact) mass is 226 g/mol. The number of thiol groups is 2. The third-order valence-corrected chi connectivity index (χ3v) is 9.43. The Labute approximate surface area is 71.7 Å². The van der Waals surface area contributed by atoms with Crippen molar-refractivity contribution in [2.45, 2.75) is 0 Å². The Bertz CT molecular complexity index is 19.2. The molecule has 7 heavy (non-hydrogen) atoms. The highest BCUT2D eigenvalue weighted by Gasteiger charge is 1.84. The molecule has 0 rings (SSSR count). The van der Waals surface area contributed by atoms with Crippen molar-refractivity contribution >= 4 is 72.5 Å². The van der Waals surface area contributed by atoms with Crippen LogP contribution >= 0.6 is 72.5 Å². The average Bonchev–Trinajstić information content (AvgIpc) is 1.69. The highest BCUT2D eigenvalue weighted by atomic mass is 33.9. The van der Waals surface area contributed by atoms with E-state index >= 15 is 0 Å². The van der Waals surface area contributed by atoms with Gasteiger partial charge in [-0.15, -0.1) is 0 Å². The largest absolute Gasteiger partial charge is 0.0988 e. The summed E-state index contributed by atoms with van der Waals surface area (Å²) in [5.41, 5.74) is 0. The van der Waals surface area contributed by atoms with E-state index in [2.05, 4.69) is 23.3 Å². The lowest BCUT2D eigenvalue weighted by Crippen LogP contribution is -1.20. The second-order valence-electron chi connectivity index (χ2n) is 0.353. The van der Waals surface area contributed by atoms with Gasteiger partial charge in [-0.05, 0) is 49.1 Å². The smallest absolute Gasteiger partial charge is 0.0000705 e. The maximum atomic E-state index is 3.90. The molecule has 7 heteroatoms. The highest BCUT2D eigenvalue weighted by Crippen LogP contribution is 2.50. The summed E-state index contributed by atoms with van der Waals surface area (Å²) in [6, 6.07) is 0. The molecule has 0 aliphatic carbocycles. The summed E-state index contributed by atoms with van der Waals surface area (Å²) in [7, 11) is 7.80. The molecule has 0 N–H and O–H groups in total. The zero-order chi connectivity index (χ0) is 5.54. The van der Waals surface area contributed by atoms with Crippen LogP contribution in [0.3, 0.4) is 0 Å². The molecule has 0 aliphatic heterocycles. The van der Waals surface area contributed by atoms with Gasteiger partial charge in [0.25, 0.3) is 0 Å². The van der Waals surface area contributed by atoms with Crippen LogP contribution in [0, 0.1) is 0 Å². The molecule has 0 atom stereocenters. The van der Waals surface area contributed by atoms with Crippen molar-refractivity contribution in [2.75, 3.05) is 0 Å². The van der Waals surface area contributed by atoms with Gasteiger partial charge in [0, 0.05) is 0 Å². The summed E-state index contributed by atoms with van der Waals surface area (Å²) in [6.07, 6.45) is 0. The molecule has 0 radical (unpaired) electrons. The summed E-state index contributed by atoms with van der Waals surface area (Å²) in [5.74, 6) is 0. The molecule has 0 fully saturated rings. The molecule has 0 amide bonds. The Morgan fingerprint density at radius 1 is 0.714 bits per heavy atom. The van der Waals surface area contributed by atoms with Gasteiger partial charge < -0.3 is 0 Å². The van der Waals surface area contributed by atoms with Crippen molar-refractivity contribution in [3.8, 4) is 0 Å². The molecule has 0 heterocycles. The second-order valence-corrected chi connectivity index (χ2v) is 9.54. The molecule has 44 valence electrons. The SMILES string of the molecule is SSSSSSS. The van der Waals surface area contributed by atoms with Crippen LogP contribution in [-0.2, 0) is 0 Å². The Kier molecular flexibility index (Phi) is 11.4. The zero-order valence-electron chi connectivity index (χ0n) is 2.94. The number of rotatable bonds is 4. The molecule has 0 aromatic heterocycles. The fraction of sp³-hybridized carbons (Fsp3) is 0. The highest BCUT2D eigenvalue weighted by molar-refractivity contribution is 9.44. The fourth-order valence-electron chi connectivity index (χ4n) is 0.0362. The third kappa shape index (κ3) is 8.45. The van der Waals surface area contributed by atoms with E-state index in [4.69, 9.17) is 0 Å². The second kappa shape index (κ2) is 8.45. The van der Waals surface area contributed by atoms with Gasteiger partial charge in [-0.25, -0.2) is 0 Å². The van der Waals surface area contributed by atoms with E-state index < -0.39 is 0 Å². The van der Waals surface area contributed by atoms with Crippen LogP contribution in [0.1, 0.15) is 0 Å². The van der Waals surface area contributed by atoms with Crippen LogP contribution in [-0.4, -0.2) is 0 Å². The van der Waals surface area contributed by atoms with Crippen molar-refractivity contribution in [3.63, 3.8) is 0 Å². The molecule has 0 unspecified atom stereocenters. The molecule has 0 bridgehead atoms. The molecule has 0 aromatic rings. The van der Waals surface area contributed by atoms with Crippen LogP contribution in [0.25, 0.3) is 0 Å². The number of hydrogen-bond acceptors (Lipinski definition) is 7. The Hall–Kier alpha value is 2.45. The summed E-state index contributed by atoms with van der Waals surface area (Å²) in [6.45, 7) is 0. The molecule has 0 spiro atoms. The minimum Gasteiger partial charge on any atom is -0.0988 e. The topological polar surface area (TPSA) is 0 Å². The Morgan fingerprint density at radius 2 is 1.14 bits per heavy atom. The normalized spacial score (nSPS) is 9.43. The van der Waals surface area contributed by atoms with Crippen molar-refractivity contribution < 1.29 is 0 Å². The van der Waals surface area contributed by atoms with Crippen LogP contribution in [0.2, 0.25) is 0 Å². The van der Waals surface area contributed by atoms with E-state index in [1.807, 2.05) is 0 Å². The van der Waals surface area contributed by atoms with Crippen molar-refractivity contribution in [1.82, 2.24) is 0 Å². The van der Waals surface area contributed by atoms with Gasteiger partial charge in [-0.2, -0.15) is 0 Å². The molecule has 0 aromatic carbocycles. The van der Waals surface area contributed by atoms with E-state index in [1.165, 1.54) is 19.7 Å². The molecule has 0 aliphatic rings. The van der Waals surface area contributed by atoms with Crippen molar-refractivity contribution in [2.24, 2.45) is 0 Å². The molecule has 0 saturated heterocycles. The fourth-order valence-corrected chi connectivity index (χ4v) is 8.79. The van der Waals surface area contributed by atoms with Gasteiger partial charge in [-0.3, -0.25) is 0 Å². The molecule has 0 saturated carbocycles. The Morgan fingerprint density at radius 3 is 1.43 bits per heavy atom. The van der Waals surface area contributed by atoms with Crippen molar-refractivity contribution in [1.29, 1.82) is 0 Å².